The molecule has 0 saturated carbocycles. The van der Waals surface area contributed by atoms with E-state index in [2.05, 4.69) is 34.7 Å². The molecule has 1 atom stereocenters. The van der Waals surface area contributed by atoms with Crippen LogP contribution in [0, 0.1) is 0 Å². The van der Waals surface area contributed by atoms with Gasteiger partial charge in [0, 0.05) is 31.7 Å². The number of amides is 2. The lowest BCUT2D eigenvalue weighted by Gasteiger charge is -2.25. The summed E-state index contributed by atoms with van der Waals surface area (Å²) in [5.41, 5.74) is 4.73. The van der Waals surface area contributed by atoms with Crippen molar-refractivity contribution < 1.29 is 9.59 Å². The molecule has 150 valence electrons. The Hall–Kier alpha value is -2.95. The molecule has 0 radical (unpaired) electrons. The number of hydrazone groups is 1. The zero-order valence-corrected chi connectivity index (χ0v) is 16.6. The number of nitrogens with zero attached hydrogens (tertiary/aromatic N) is 2. The molecule has 1 aliphatic heterocycles. The van der Waals surface area contributed by atoms with Crippen LogP contribution in [0.5, 0.6) is 0 Å². The number of nitrogens with one attached hydrogen (secondary N) is 1. The SMILES string of the molecule is O=C(CCC(=O)N1CCC(c2ccccc2)=N1)NCC1CCCc2ccccc21. The molecule has 0 fully saturated rings. The fourth-order valence-electron chi connectivity index (χ4n) is 4.21. The third kappa shape index (κ3) is 4.73. The van der Waals surface area contributed by atoms with Crippen LogP contribution < -0.4 is 5.32 Å². The molecule has 4 rings (SSSR count). The number of fused-ring (bicyclic) bond motifs is 1. The van der Waals surface area contributed by atoms with E-state index in [9.17, 15) is 9.59 Å². The lowest BCUT2D eigenvalue weighted by molar-refractivity contribution is -0.133. The van der Waals surface area contributed by atoms with Crippen LogP contribution >= 0.6 is 0 Å². The Kier molecular flexibility index (Phi) is 6.03. The molecule has 5 nitrogen and oxygen atoms in total. The minimum absolute atomic E-state index is 0.0622. The normalized spacial score (nSPS) is 18.1. The molecule has 29 heavy (non-hydrogen) atoms. The van der Waals surface area contributed by atoms with E-state index in [0.29, 0.717) is 19.0 Å². The number of carbonyl (C=O) groups is 2. The van der Waals surface area contributed by atoms with Gasteiger partial charge in [-0.1, -0.05) is 54.6 Å². The Labute approximate surface area is 171 Å². The summed E-state index contributed by atoms with van der Waals surface area (Å²) in [7, 11) is 0. The highest BCUT2D eigenvalue weighted by molar-refractivity contribution is 6.02. The first-order valence-electron chi connectivity index (χ1n) is 10.5. The monoisotopic (exact) mass is 389 g/mol. The van der Waals surface area contributed by atoms with Crippen molar-refractivity contribution in [3.05, 3.63) is 71.3 Å². The Balaban J connectivity index is 1.24. The summed E-state index contributed by atoms with van der Waals surface area (Å²) in [5, 5.41) is 8.98. The fraction of sp³-hybridized carbons (Fsp3) is 0.375. The van der Waals surface area contributed by atoms with E-state index in [-0.39, 0.29) is 24.7 Å². The van der Waals surface area contributed by atoms with Crippen LogP contribution in [0.25, 0.3) is 0 Å². The van der Waals surface area contributed by atoms with Gasteiger partial charge in [-0.25, -0.2) is 5.01 Å². The maximum absolute atomic E-state index is 12.4. The summed E-state index contributed by atoms with van der Waals surface area (Å²) < 4.78 is 0. The summed E-state index contributed by atoms with van der Waals surface area (Å²) >= 11 is 0. The van der Waals surface area contributed by atoms with Gasteiger partial charge in [0.25, 0.3) is 0 Å². The maximum Gasteiger partial charge on any atom is 0.243 e. The molecule has 2 amide bonds. The van der Waals surface area contributed by atoms with Gasteiger partial charge in [0.15, 0.2) is 0 Å². The summed E-state index contributed by atoms with van der Waals surface area (Å²) in [4.78, 5) is 24.7. The van der Waals surface area contributed by atoms with Crippen molar-refractivity contribution in [3.63, 3.8) is 0 Å². The van der Waals surface area contributed by atoms with E-state index in [4.69, 9.17) is 0 Å². The van der Waals surface area contributed by atoms with Gasteiger partial charge in [0.05, 0.1) is 12.3 Å². The number of benzene rings is 2. The first-order valence-corrected chi connectivity index (χ1v) is 10.5. The molecule has 0 aromatic heterocycles. The number of hydrogen-bond donors (Lipinski definition) is 1. The first-order chi connectivity index (χ1) is 14.2. The third-order valence-corrected chi connectivity index (χ3v) is 5.80. The highest BCUT2D eigenvalue weighted by atomic mass is 16.2. The second kappa shape index (κ2) is 9.03. The molecule has 1 N–H and O–H groups in total. The Morgan fingerprint density at radius 1 is 1.00 bits per heavy atom. The van der Waals surface area contributed by atoms with Gasteiger partial charge in [-0.2, -0.15) is 5.10 Å². The number of carbonyl (C=O) groups excluding carboxylic acids is 2. The minimum Gasteiger partial charge on any atom is -0.355 e. The third-order valence-electron chi connectivity index (χ3n) is 5.80. The van der Waals surface area contributed by atoms with Gasteiger partial charge in [-0.3, -0.25) is 9.59 Å². The molecule has 1 unspecified atom stereocenters. The van der Waals surface area contributed by atoms with Crippen LogP contribution in [0.1, 0.15) is 54.7 Å². The van der Waals surface area contributed by atoms with E-state index in [0.717, 1.165) is 37.0 Å². The Morgan fingerprint density at radius 3 is 2.66 bits per heavy atom. The van der Waals surface area contributed by atoms with Crippen molar-refractivity contribution in [1.82, 2.24) is 10.3 Å². The highest BCUT2D eigenvalue weighted by Crippen LogP contribution is 2.30. The van der Waals surface area contributed by atoms with E-state index >= 15 is 0 Å². The summed E-state index contributed by atoms with van der Waals surface area (Å²) in [5.74, 6) is 0.221. The topological polar surface area (TPSA) is 61.8 Å². The van der Waals surface area contributed by atoms with Crippen LogP contribution in [-0.2, 0) is 16.0 Å². The van der Waals surface area contributed by atoms with E-state index in [1.54, 1.807) is 0 Å². The van der Waals surface area contributed by atoms with Crippen molar-refractivity contribution >= 4 is 17.5 Å². The molecule has 0 saturated heterocycles. The quantitative estimate of drug-likeness (QED) is 0.820. The average molecular weight is 389 g/mol. The van der Waals surface area contributed by atoms with Gasteiger partial charge in [0.1, 0.15) is 0 Å². The molecule has 0 spiro atoms. The lowest BCUT2D eigenvalue weighted by Crippen LogP contribution is -2.31. The molecular formula is C24H27N3O2. The lowest BCUT2D eigenvalue weighted by atomic mass is 9.83. The molecule has 2 aliphatic rings. The van der Waals surface area contributed by atoms with Gasteiger partial charge in [0.2, 0.25) is 11.8 Å². The van der Waals surface area contributed by atoms with Gasteiger partial charge < -0.3 is 5.32 Å². The van der Waals surface area contributed by atoms with Crippen molar-refractivity contribution in [2.45, 2.75) is 44.4 Å². The summed E-state index contributed by atoms with van der Waals surface area (Å²) in [6.07, 6.45) is 4.53. The van der Waals surface area contributed by atoms with E-state index in [1.807, 2.05) is 30.3 Å². The molecule has 2 aromatic carbocycles. The van der Waals surface area contributed by atoms with Crippen molar-refractivity contribution in [2.75, 3.05) is 13.1 Å². The van der Waals surface area contributed by atoms with Crippen LogP contribution in [-0.4, -0.2) is 35.6 Å². The van der Waals surface area contributed by atoms with Crippen LogP contribution in [0.2, 0.25) is 0 Å². The highest BCUT2D eigenvalue weighted by Gasteiger charge is 2.23. The van der Waals surface area contributed by atoms with Crippen LogP contribution in [0.15, 0.2) is 59.7 Å². The Bertz CT molecular complexity index is 907. The minimum atomic E-state index is -0.0888. The zero-order chi connectivity index (χ0) is 20.1. The van der Waals surface area contributed by atoms with Gasteiger partial charge >= 0.3 is 0 Å². The first kappa shape index (κ1) is 19.4. The summed E-state index contributed by atoms with van der Waals surface area (Å²) in [6, 6.07) is 18.4. The Morgan fingerprint density at radius 2 is 1.79 bits per heavy atom. The zero-order valence-electron chi connectivity index (χ0n) is 16.6. The van der Waals surface area contributed by atoms with E-state index < -0.39 is 0 Å². The predicted octanol–water partition coefficient (Wildman–Crippen LogP) is 3.64. The fourth-order valence-corrected chi connectivity index (χ4v) is 4.21. The molecule has 5 heteroatoms. The molecule has 0 bridgehead atoms. The van der Waals surface area contributed by atoms with E-state index in [1.165, 1.54) is 16.1 Å². The van der Waals surface area contributed by atoms with Crippen LogP contribution in [0.4, 0.5) is 0 Å². The molecular weight excluding hydrogens is 362 g/mol. The molecule has 2 aromatic rings. The smallest absolute Gasteiger partial charge is 0.243 e. The van der Waals surface area contributed by atoms with Gasteiger partial charge in [-0.15, -0.1) is 0 Å². The number of rotatable bonds is 6. The molecule has 1 heterocycles. The van der Waals surface area contributed by atoms with Crippen molar-refractivity contribution in [1.29, 1.82) is 0 Å². The number of hydrogen-bond acceptors (Lipinski definition) is 3. The predicted molar refractivity (Wildman–Crippen MR) is 114 cm³/mol. The largest absolute Gasteiger partial charge is 0.355 e. The number of aryl methyl sites for hydroxylation is 1. The standard InChI is InChI=1S/C24H27N3O2/c28-23(25-17-20-11-6-10-18-7-4-5-12-21(18)20)13-14-24(29)27-16-15-22(26-27)19-8-2-1-3-9-19/h1-5,7-9,12,20H,6,10-11,13-17H2,(H,25,28). The molecule has 1 aliphatic carbocycles. The van der Waals surface area contributed by atoms with Crippen molar-refractivity contribution in [3.8, 4) is 0 Å². The summed E-state index contributed by atoms with van der Waals surface area (Å²) in [6.45, 7) is 1.23. The average Bonchev–Trinajstić information content (AvgIpc) is 3.27. The second-order valence-electron chi connectivity index (χ2n) is 7.77. The maximum atomic E-state index is 12.4. The van der Waals surface area contributed by atoms with Crippen LogP contribution in [0.3, 0.4) is 0 Å². The van der Waals surface area contributed by atoms with Gasteiger partial charge in [-0.05, 0) is 36.0 Å². The van der Waals surface area contributed by atoms with Crippen molar-refractivity contribution in [2.24, 2.45) is 5.10 Å². The second-order valence-corrected chi connectivity index (χ2v) is 7.77.